The highest BCUT2D eigenvalue weighted by Crippen LogP contribution is 1.95. The lowest BCUT2D eigenvalue weighted by Crippen LogP contribution is -2.24. The Bertz CT molecular complexity index is 645. The molecule has 2 aliphatic heterocycles. The van der Waals surface area contributed by atoms with E-state index in [9.17, 15) is 19.2 Å². The first-order chi connectivity index (χ1) is 10.3. The maximum atomic E-state index is 10.4. The lowest BCUT2D eigenvalue weighted by Gasteiger charge is -1.91. The molecule has 3 rings (SSSR count). The minimum atomic E-state index is -0.400. The molecule has 128 valence electrons. The van der Waals surface area contributed by atoms with E-state index < -0.39 is 6.03 Å². The van der Waals surface area contributed by atoms with Gasteiger partial charge in [-0.15, -0.1) is 0 Å². The summed E-state index contributed by atoms with van der Waals surface area (Å²) in [6.45, 7) is 5.99. The fraction of sp³-hybridized carbons (Fsp3) is 0.462. The highest BCUT2D eigenvalue weighted by atomic mass is 16.2. The number of rotatable bonds is 0. The first-order valence-electron chi connectivity index (χ1n) is 6.45. The van der Waals surface area contributed by atoms with Gasteiger partial charge in [-0.2, -0.15) is 5.10 Å². The molecule has 1 fully saturated rings. The van der Waals surface area contributed by atoms with E-state index in [0.717, 1.165) is 12.1 Å². The molecule has 2 aliphatic rings. The summed E-state index contributed by atoms with van der Waals surface area (Å²) in [4.78, 5) is 43.4. The number of carbonyl (C=O) groups excluding carboxylic acids is 3. The lowest BCUT2D eigenvalue weighted by molar-refractivity contribution is -0.119. The van der Waals surface area contributed by atoms with Gasteiger partial charge in [0, 0.05) is 12.6 Å². The minimum Gasteiger partial charge on any atom is -0.349 e. The first kappa shape index (κ1) is 20.1. The van der Waals surface area contributed by atoms with Gasteiger partial charge in [0.05, 0.1) is 0 Å². The van der Waals surface area contributed by atoms with Gasteiger partial charge in [-0.25, -0.2) is 14.7 Å². The molecule has 10 nitrogen and oxygen atoms in total. The summed E-state index contributed by atoms with van der Waals surface area (Å²) in [5.41, 5.74) is 0.863. The van der Waals surface area contributed by atoms with Gasteiger partial charge in [0.2, 0.25) is 11.8 Å². The second-order valence-electron chi connectivity index (χ2n) is 4.66. The van der Waals surface area contributed by atoms with Crippen molar-refractivity contribution in [1.29, 1.82) is 0 Å². The Labute approximate surface area is 133 Å². The Balaban J connectivity index is 0.000000310. The van der Waals surface area contributed by atoms with Crippen LogP contribution in [-0.4, -0.2) is 45.6 Å². The Hall–Kier alpha value is -2.91. The number of hydrogen-bond donors (Lipinski definition) is 5. The maximum absolute atomic E-state index is 10.4. The van der Waals surface area contributed by atoms with E-state index in [1.54, 1.807) is 19.9 Å². The molecule has 1 aromatic rings. The van der Waals surface area contributed by atoms with Crippen LogP contribution < -0.4 is 21.6 Å². The third kappa shape index (κ3) is 7.60. The van der Waals surface area contributed by atoms with Gasteiger partial charge in [0.15, 0.2) is 0 Å². The summed E-state index contributed by atoms with van der Waals surface area (Å²) in [7, 11) is 0. The molecule has 0 aliphatic carbocycles. The van der Waals surface area contributed by atoms with Gasteiger partial charge in [0.1, 0.15) is 11.9 Å². The highest BCUT2D eigenvalue weighted by Gasteiger charge is 2.24. The average Bonchev–Trinajstić information content (AvgIpc) is 3.06. The van der Waals surface area contributed by atoms with Gasteiger partial charge in [-0.05, 0) is 26.3 Å². The molecule has 1 atom stereocenters. The molecule has 0 aromatic carbocycles. The molecule has 10 heteroatoms. The van der Waals surface area contributed by atoms with E-state index in [0.29, 0.717) is 5.82 Å². The van der Waals surface area contributed by atoms with Crippen LogP contribution in [0.5, 0.6) is 0 Å². The van der Waals surface area contributed by atoms with E-state index in [4.69, 9.17) is 0 Å². The van der Waals surface area contributed by atoms with Crippen LogP contribution in [-0.2, 0) is 9.59 Å². The normalized spacial score (nSPS) is 18.1. The smallest absolute Gasteiger partial charge is 0.340 e. The molecule has 1 saturated heterocycles. The summed E-state index contributed by atoms with van der Waals surface area (Å²) in [5, 5.41) is 12.8. The van der Waals surface area contributed by atoms with Gasteiger partial charge >= 0.3 is 11.7 Å². The van der Waals surface area contributed by atoms with Crippen molar-refractivity contribution in [1.82, 2.24) is 31.1 Å². The Morgan fingerprint density at radius 2 is 1.83 bits per heavy atom. The predicted molar refractivity (Wildman–Crippen MR) is 83.6 cm³/mol. The molecule has 1 aromatic heterocycles. The Kier molecular flexibility index (Phi) is 8.02. The topological polar surface area (TPSA) is 149 Å². The van der Waals surface area contributed by atoms with Crippen LogP contribution in [0.15, 0.2) is 16.4 Å². The van der Waals surface area contributed by atoms with Crippen LogP contribution in [0.3, 0.4) is 0 Å². The molecular formula is C13H22N6O4. The molecule has 5 N–H and O–H groups in total. The van der Waals surface area contributed by atoms with E-state index in [-0.39, 0.29) is 31.0 Å². The van der Waals surface area contributed by atoms with Gasteiger partial charge < -0.3 is 10.6 Å². The fourth-order valence-corrected chi connectivity index (χ4v) is 1.43. The average molecular weight is 326 g/mol. The Morgan fingerprint density at radius 1 is 1.17 bits per heavy atom. The number of urea groups is 1. The van der Waals surface area contributed by atoms with Crippen LogP contribution >= 0.6 is 0 Å². The van der Waals surface area contributed by atoms with Gasteiger partial charge in [0.25, 0.3) is 0 Å². The molecule has 0 saturated carbocycles. The maximum Gasteiger partial charge on any atom is 0.340 e. The van der Waals surface area contributed by atoms with Crippen molar-refractivity contribution in [3.8, 4) is 0 Å². The second-order valence-corrected chi connectivity index (χ2v) is 4.66. The summed E-state index contributed by atoms with van der Waals surface area (Å²) >= 11 is 0. The number of hydrogen-bond acceptors (Lipinski definition) is 5. The predicted octanol–water partition coefficient (Wildman–Crippen LogP) is -0.681. The van der Waals surface area contributed by atoms with Crippen molar-refractivity contribution >= 4 is 17.8 Å². The molecule has 1 unspecified atom stereocenters. The molecule has 0 bridgehead atoms. The van der Waals surface area contributed by atoms with E-state index in [1.165, 1.54) is 0 Å². The molecule has 3 heterocycles. The lowest BCUT2D eigenvalue weighted by atomic mass is 10.3. The van der Waals surface area contributed by atoms with Crippen LogP contribution in [0.4, 0.5) is 4.79 Å². The van der Waals surface area contributed by atoms with Gasteiger partial charge in [-0.3, -0.25) is 19.9 Å². The SMILES string of the molecule is C.CC1=CC(=O)NC1.CC1NC(=O)NC1=O.Cc1n[nH]c(=O)[nH]1. The number of imide groups is 1. The number of nitrogens with one attached hydrogen (secondary N) is 5. The van der Waals surface area contributed by atoms with E-state index >= 15 is 0 Å². The second kappa shape index (κ2) is 9.18. The number of carbonyl (C=O) groups is 3. The van der Waals surface area contributed by atoms with Crippen molar-refractivity contribution in [2.24, 2.45) is 0 Å². The molecule has 0 spiro atoms. The molecule has 4 amide bonds. The van der Waals surface area contributed by atoms with E-state index in [1.807, 2.05) is 6.92 Å². The number of aryl methyl sites for hydroxylation is 1. The number of nitrogens with zero attached hydrogens (tertiary/aromatic N) is 1. The minimum absolute atomic E-state index is 0. The standard InChI is InChI=1S/C5H7NO.C4H6N2O2.C3H5N3O.CH4/c1-4-2-5(7)6-3-4;1-2-3(7)6-4(8)5-2;1-2-4-3(7)6-5-2;/h2H,3H2,1H3,(H,6,7);2H,1H3,(H2,5,6,7,8);1H3,(H2,4,5,6,7);1H4. The molecule has 0 radical (unpaired) electrons. The third-order valence-corrected chi connectivity index (χ3v) is 2.52. The zero-order valence-electron chi connectivity index (χ0n) is 12.4. The van der Waals surface area contributed by atoms with Crippen LogP contribution in [0.2, 0.25) is 0 Å². The van der Waals surface area contributed by atoms with Crippen LogP contribution in [0.25, 0.3) is 0 Å². The van der Waals surface area contributed by atoms with Crippen molar-refractivity contribution in [3.63, 3.8) is 0 Å². The quantitative estimate of drug-likeness (QED) is 0.400. The monoisotopic (exact) mass is 326 g/mol. The Morgan fingerprint density at radius 3 is 1.96 bits per heavy atom. The summed E-state index contributed by atoms with van der Waals surface area (Å²) in [5.74, 6) is 0.400. The number of H-pyrrole nitrogens is 2. The zero-order chi connectivity index (χ0) is 16.7. The number of aromatic amines is 2. The molecular weight excluding hydrogens is 304 g/mol. The van der Waals surface area contributed by atoms with Crippen LogP contribution in [0, 0.1) is 6.92 Å². The van der Waals surface area contributed by atoms with Crippen molar-refractivity contribution < 1.29 is 14.4 Å². The summed E-state index contributed by atoms with van der Waals surface area (Å²) in [6.07, 6.45) is 1.61. The van der Waals surface area contributed by atoms with Crippen LogP contribution in [0.1, 0.15) is 27.1 Å². The van der Waals surface area contributed by atoms with Crippen molar-refractivity contribution in [2.75, 3.05) is 6.54 Å². The zero-order valence-corrected chi connectivity index (χ0v) is 12.4. The fourth-order valence-electron chi connectivity index (χ4n) is 1.43. The highest BCUT2D eigenvalue weighted by molar-refractivity contribution is 6.03. The third-order valence-electron chi connectivity index (χ3n) is 2.52. The van der Waals surface area contributed by atoms with Crippen molar-refractivity contribution in [2.45, 2.75) is 34.2 Å². The van der Waals surface area contributed by atoms with E-state index in [2.05, 4.69) is 31.1 Å². The summed E-state index contributed by atoms with van der Waals surface area (Å²) < 4.78 is 0. The summed E-state index contributed by atoms with van der Waals surface area (Å²) in [6, 6.07) is -0.759. The largest absolute Gasteiger partial charge is 0.349 e. The van der Waals surface area contributed by atoms with Gasteiger partial charge in [-0.1, -0.05) is 7.43 Å². The first-order valence-corrected chi connectivity index (χ1v) is 6.45. The molecule has 23 heavy (non-hydrogen) atoms. The van der Waals surface area contributed by atoms with Crippen molar-refractivity contribution in [3.05, 3.63) is 28.0 Å². The number of aromatic nitrogens is 3. The number of amides is 4.